The summed E-state index contributed by atoms with van der Waals surface area (Å²) in [6.45, 7) is 1.37. The van der Waals surface area contributed by atoms with Crippen molar-refractivity contribution < 1.29 is 12.8 Å². The van der Waals surface area contributed by atoms with Gasteiger partial charge >= 0.3 is 0 Å². The lowest BCUT2D eigenvalue weighted by molar-refractivity contribution is 0.381. The van der Waals surface area contributed by atoms with E-state index in [-0.39, 0.29) is 15.1 Å². The maximum Gasteiger partial charge on any atom is 0.227 e. The van der Waals surface area contributed by atoms with E-state index in [9.17, 15) is 8.42 Å². The van der Waals surface area contributed by atoms with E-state index in [0.717, 1.165) is 6.54 Å². The number of likely N-dealkylation sites (N-methyl/N-ethyl adjacent to an activating group) is 1. The van der Waals surface area contributed by atoms with Crippen LogP contribution < -0.4 is 0 Å². The van der Waals surface area contributed by atoms with Gasteiger partial charge in [-0.2, -0.15) is 0 Å². The Labute approximate surface area is 153 Å². The van der Waals surface area contributed by atoms with E-state index in [4.69, 9.17) is 16.0 Å². The Morgan fingerprint density at radius 3 is 2.96 bits per heavy atom. The molecule has 10 heteroatoms. The van der Waals surface area contributed by atoms with Crippen LogP contribution in [0.5, 0.6) is 0 Å². The maximum atomic E-state index is 13.3. The van der Waals surface area contributed by atoms with Crippen molar-refractivity contribution in [1.82, 2.24) is 18.9 Å². The van der Waals surface area contributed by atoms with Crippen molar-refractivity contribution in [2.45, 2.75) is 16.5 Å². The summed E-state index contributed by atoms with van der Waals surface area (Å²) >= 11 is 7.47. The standard InChI is InChI=1S/C15H15ClN4O3S2/c1-18(2)4-5-19-9-11(10-3-7-23-13(10)19)25(21,22)14-12(16)17-15-20(14)6-8-24-15/h3,6-9H,4-5H2,1-2H3. The number of furan rings is 1. The fourth-order valence-electron chi connectivity index (χ4n) is 2.75. The Morgan fingerprint density at radius 2 is 2.20 bits per heavy atom. The summed E-state index contributed by atoms with van der Waals surface area (Å²) in [5.41, 5.74) is 0.530. The average molecular weight is 399 g/mol. The Bertz CT molecular complexity index is 1170. The molecule has 25 heavy (non-hydrogen) atoms. The van der Waals surface area contributed by atoms with Gasteiger partial charge in [0.1, 0.15) is 4.90 Å². The molecule has 0 aromatic carbocycles. The molecule has 132 valence electrons. The first-order valence-corrected chi connectivity index (χ1v) is 10.2. The lowest BCUT2D eigenvalue weighted by atomic mass is 10.4. The van der Waals surface area contributed by atoms with Crippen LogP contribution in [-0.4, -0.2) is 47.9 Å². The zero-order valence-electron chi connectivity index (χ0n) is 13.5. The number of imidazole rings is 1. The molecule has 0 radical (unpaired) electrons. The molecule has 0 atom stereocenters. The fraction of sp³-hybridized carbons (Fsp3) is 0.267. The fourth-order valence-corrected chi connectivity index (χ4v) is 5.64. The molecule has 4 aromatic rings. The first-order valence-electron chi connectivity index (χ1n) is 7.47. The van der Waals surface area contributed by atoms with Crippen LogP contribution in [0.15, 0.2) is 44.4 Å². The van der Waals surface area contributed by atoms with Crippen LogP contribution in [0.3, 0.4) is 0 Å². The zero-order valence-corrected chi connectivity index (χ0v) is 15.9. The quantitative estimate of drug-likeness (QED) is 0.516. The van der Waals surface area contributed by atoms with E-state index in [2.05, 4.69) is 4.98 Å². The molecule has 0 aliphatic carbocycles. The minimum Gasteiger partial charge on any atom is -0.448 e. The van der Waals surface area contributed by atoms with Crippen LogP contribution >= 0.6 is 22.9 Å². The SMILES string of the molecule is CN(C)CCn1cc(S(=O)(=O)c2c(Cl)nc3sccn23)c2ccoc21. The summed E-state index contributed by atoms with van der Waals surface area (Å²) in [7, 11) is 0.0600. The third-order valence-corrected chi connectivity index (χ3v) is 6.89. The molecule has 0 saturated heterocycles. The number of hydrogen-bond acceptors (Lipinski definition) is 6. The molecule has 0 bridgehead atoms. The highest BCUT2D eigenvalue weighted by atomic mass is 35.5. The molecule has 0 unspecified atom stereocenters. The Morgan fingerprint density at radius 1 is 1.40 bits per heavy atom. The Balaban J connectivity index is 1.90. The maximum absolute atomic E-state index is 13.3. The highest BCUT2D eigenvalue weighted by Gasteiger charge is 2.31. The van der Waals surface area contributed by atoms with Gasteiger partial charge in [-0.1, -0.05) is 11.6 Å². The van der Waals surface area contributed by atoms with Gasteiger partial charge < -0.3 is 13.9 Å². The summed E-state index contributed by atoms with van der Waals surface area (Å²) in [6.07, 6.45) is 4.75. The molecular formula is C15H15ClN4O3S2. The zero-order chi connectivity index (χ0) is 17.8. The highest BCUT2D eigenvalue weighted by Crippen LogP contribution is 2.35. The molecule has 4 aromatic heterocycles. The van der Waals surface area contributed by atoms with Gasteiger partial charge in [0.05, 0.1) is 11.6 Å². The summed E-state index contributed by atoms with van der Waals surface area (Å²) in [4.78, 5) is 6.86. The average Bonchev–Trinajstić information content (AvgIpc) is 3.23. The van der Waals surface area contributed by atoms with Crippen molar-refractivity contribution in [3.8, 4) is 0 Å². The van der Waals surface area contributed by atoms with Crippen LogP contribution in [0.25, 0.3) is 16.1 Å². The van der Waals surface area contributed by atoms with Crippen molar-refractivity contribution in [1.29, 1.82) is 0 Å². The predicted molar refractivity (Wildman–Crippen MR) is 96.3 cm³/mol. The van der Waals surface area contributed by atoms with Gasteiger partial charge in [-0.05, 0) is 20.2 Å². The Kier molecular flexibility index (Phi) is 3.91. The van der Waals surface area contributed by atoms with Gasteiger partial charge in [-0.25, -0.2) is 13.4 Å². The molecule has 0 amide bonds. The number of rotatable bonds is 5. The number of halogens is 1. The monoisotopic (exact) mass is 398 g/mol. The Hall–Kier alpha value is -1.81. The van der Waals surface area contributed by atoms with Gasteiger partial charge in [-0.3, -0.25) is 4.40 Å². The molecule has 0 aliphatic heterocycles. The molecule has 7 nitrogen and oxygen atoms in total. The topological polar surface area (TPSA) is 72.8 Å². The first-order chi connectivity index (χ1) is 11.9. The van der Waals surface area contributed by atoms with Crippen LogP contribution in [0.2, 0.25) is 5.15 Å². The van der Waals surface area contributed by atoms with E-state index in [1.165, 1.54) is 22.0 Å². The van der Waals surface area contributed by atoms with Crippen molar-refractivity contribution in [2.24, 2.45) is 0 Å². The van der Waals surface area contributed by atoms with Crippen LogP contribution in [0, 0.1) is 0 Å². The molecule has 0 saturated carbocycles. The second kappa shape index (κ2) is 5.87. The summed E-state index contributed by atoms with van der Waals surface area (Å²) < 4.78 is 35.4. The summed E-state index contributed by atoms with van der Waals surface area (Å²) in [5.74, 6) is 0. The van der Waals surface area contributed by atoms with Gasteiger partial charge in [0.2, 0.25) is 15.6 Å². The van der Waals surface area contributed by atoms with Crippen LogP contribution in [0.4, 0.5) is 0 Å². The lowest BCUT2D eigenvalue weighted by Gasteiger charge is -2.09. The van der Waals surface area contributed by atoms with Gasteiger partial charge in [-0.15, -0.1) is 11.3 Å². The number of nitrogens with zero attached hydrogens (tertiary/aromatic N) is 4. The molecule has 0 fully saturated rings. The summed E-state index contributed by atoms with van der Waals surface area (Å²) in [6, 6.07) is 1.66. The van der Waals surface area contributed by atoms with E-state index < -0.39 is 9.84 Å². The van der Waals surface area contributed by atoms with Crippen molar-refractivity contribution in [3.63, 3.8) is 0 Å². The second-order valence-electron chi connectivity index (χ2n) is 5.90. The van der Waals surface area contributed by atoms with Crippen molar-refractivity contribution in [3.05, 3.63) is 35.3 Å². The number of thiazole rings is 1. The van der Waals surface area contributed by atoms with Crippen molar-refractivity contribution >= 4 is 48.8 Å². The second-order valence-corrected chi connectivity index (χ2v) is 8.96. The van der Waals surface area contributed by atoms with Gasteiger partial charge in [0, 0.05) is 30.9 Å². The summed E-state index contributed by atoms with van der Waals surface area (Å²) in [5, 5.41) is 2.27. The molecule has 4 rings (SSSR count). The molecule has 0 aliphatic rings. The normalized spacial score (nSPS) is 12.8. The minimum absolute atomic E-state index is 0.0155. The molecular weight excluding hydrogens is 384 g/mol. The smallest absolute Gasteiger partial charge is 0.227 e. The van der Waals surface area contributed by atoms with Crippen molar-refractivity contribution in [2.75, 3.05) is 20.6 Å². The van der Waals surface area contributed by atoms with E-state index >= 15 is 0 Å². The molecule has 4 heterocycles. The van der Waals surface area contributed by atoms with E-state index in [1.807, 2.05) is 23.6 Å². The highest BCUT2D eigenvalue weighted by molar-refractivity contribution is 7.91. The number of sulfone groups is 1. The van der Waals surface area contributed by atoms with E-state index in [1.54, 1.807) is 23.8 Å². The number of hydrogen-bond donors (Lipinski definition) is 0. The van der Waals surface area contributed by atoms with Gasteiger partial charge in [0.15, 0.2) is 15.1 Å². The van der Waals surface area contributed by atoms with Crippen LogP contribution in [-0.2, 0) is 16.4 Å². The van der Waals surface area contributed by atoms with Gasteiger partial charge in [0.25, 0.3) is 0 Å². The minimum atomic E-state index is -3.86. The first kappa shape index (κ1) is 16.6. The van der Waals surface area contributed by atoms with Crippen LogP contribution in [0.1, 0.15) is 0 Å². The molecule has 0 N–H and O–H groups in total. The van der Waals surface area contributed by atoms with E-state index in [0.29, 0.717) is 22.6 Å². The predicted octanol–water partition coefficient (Wildman–Crippen LogP) is 2.99. The molecule has 0 spiro atoms. The number of fused-ring (bicyclic) bond motifs is 2. The third-order valence-electron chi connectivity index (χ3n) is 3.95. The third kappa shape index (κ3) is 2.58. The largest absolute Gasteiger partial charge is 0.448 e. The number of aromatic nitrogens is 3. The lowest BCUT2D eigenvalue weighted by Crippen LogP contribution is -2.17.